The average molecular weight is 300 g/mol. The molecule has 0 unspecified atom stereocenters. The van der Waals surface area contributed by atoms with Crippen LogP contribution in [0.1, 0.15) is 71.6 Å². The molecule has 0 aromatic carbocycles. The molecule has 124 valence electrons. The Morgan fingerprint density at radius 2 is 1.19 bits per heavy atom. The molecule has 2 saturated heterocycles. The smallest absolute Gasteiger partial charge is 0.168 e. The number of unbranched alkanes of at least 4 members (excludes halogenated alkanes) is 4. The minimum absolute atomic E-state index is 0.300. The van der Waals surface area contributed by atoms with Crippen LogP contribution in [0.4, 0.5) is 0 Å². The summed E-state index contributed by atoms with van der Waals surface area (Å²) in [4.78, 5) is 0. The lowest BCUT2D eigenvalue weighted by Crippen LogP contribution is -2.30. The van der Waals surface area contributed by atoms with Gasteiger partial charge in [-0.3, -0.25) is 0 Å². The maximum atomic E-state index is 5.93. The van der Waals surface area contributed by atoms with Crippen LogP contribution in [0.25, 0.3) is 0 Å². The Hall–Kier alpha value is -0.160. The van der Waals surface area contributed by atoms with Gasteiger partial charge in [0, 0.05) is 19.3 Å². The van der Waals surface area contributed by atoms with Gasteiger partial charge in [0.2, 0.25) is 0 Å². The Balaban J connectivity index is 1.65. The standard InChI is InChI=1S/C17H32O4/c1-3-4-5-6-10-17(20-14-15-21-17)11-8-7-9-16(2)18-12-13-19-16/h3-15H2,1-2H3. The molecule has 0 amide bonds. The van der Waals surface area contributed by atoms with Gasteiger partial charge in [0.25, 0.3) is 0 Å². The second-order valence-electron chi connectivity index (χ2n) is 6.46. The molecule has 2 heterocycles. The zero-order valence-electron chi connectivity index (χ0n) is 13.8. The first-order chi connectivity index (χ1) is 10.2. The Morgan fingerprint density at radius 3 is 1.81 bits per heavy atom. The van der Waals surface area contributed by atoms with E-state index in [0.29, 0.717) is 0 Å². The fraction of sp³-hybridized carbons (Fsp3) is 1.00. The summed E-state index contributed by atoms with van der Waals surface area (Å²) < 4.78 is 23.2. The van der Waals surface area contributed by atoms with Gasteiger partial charge >= 0.3 is 0 Å². The van der Waals surface area contributed by atoms with Gasteiger partial charge in [-0.2, -0.15) is 0 Å². The van der Waals surface area contributed by atoms with Gasteiger partial charge in [0.05, 0.1) is 26.4 Å². The van der Waals surface area contributed by atoms with Crippen LogP contribution in [0.2, 0.25) is 0 Å². The predicted molar refractivity (Wildman–Crippen MR) is 82.2 cm³/mol. The second kappa shape index (κ2) is 8.47. The fourth-order valence-electron chi connectivity index (χ4n) is 3.27. The van der Waals surface area contributed by atoms with Crippen molar-refractivity contribution in [3.05, 3.63) is 0 Å². The van der Waals surface area contributed by atoms with E-state index in [-0.39, 0.29) is 11.6 Å². The van der Waals surface area contributed by atoms with Gasteiger partial charge in [-0.25, -0.2) is 0 Å². The summed E-state index contributed by atoms with van der Waals surface area (Å²) in [6.45, 7) is 7.23. The highest BCUT2D eigenvalue weighted by Crippen LogP contribution is 2.33. The number of ether oxygens (including phenoxy) is 4. The molecular weight excluding hydrogens is 268 g/mol. The zero-order chi connectivity index (χ0) is 15.0. The number of hydrogen-bond donors (Lipinski definition) is 0. The number of hydrogen-bond acceptors (Lipinski definition) is 4. The van der Waals surface area contributed by atoms with Gasteiger partial charge in [-0.05, 0) is 26.2 Å². The van der Waals surface area contributed by atoms with Gasteiger partial charge in [0.1, 0.15) is 0 Å². The van der Waals surface area contributed by atoms with Crippen molar-refractivity contribution < 1.29 is 18.9 Å². The molecule has 4 heteroatoms. The quantitative estimate of drug-likeness (QED) is 0.571. The normalized spacial score (nSPS) is 23.7. The van der Waals surface area contributed by atoms with Crippen LogP contribution in [0, 0.1) is 0 Å². The first kappa shape index (κ1) is 17.2. The van der Waals surface area contributed by atoms with Crippen molar-refractivity contribution in [3.8, 4) is 0 Å². The summed E-state index contributed by atoms with van der Waals surface area (Å²) in [5, 5.41) is 0. The third-order valence-corrected chi connectivity index (χ3v) is 4.56. The second-order valence-corrected chi connectivity index (χ2v) is 6.46. The first-order valence-electron chi connectivity index (χ1n) is 8.74. The van der Waals surface area contributed by atoms with Crippen molar-refractivity contribution >= 4 is 0 Å². The van der Waals surface area contributed by atoms with Crippen molar-refractivity contribution in [2.75, 3.05) is 26.4 Å². The highest BCUT2D eigenvalue weighted by molar-refractivity contribution is 4.76. The van der Waals surface area contributed by atoms with Crippen molar-refractivity contribution in [3.63, 3.8) is 0 Å². The molecule has 0 spiro atoms. The minimum Gasteiger partial charge on any atom is -0.348 e. The Kier molecular flexibility index (Phi) is 6.93. The van der Waals surface area contributed by atoms with Gasteiger partial charge < -0.3 is 18.9 Å². The van der Waals surface area contributed by atoms with Crippen LogP contribution >= 0.6 is 0 Å². The maximum Gasteiger partial charge on any atom is 0.168 e. The lowest BCUT2D eigenvalue weighted by molar-refractivity contribution is -0.172. The van der Waals surface area contributed by atoms with Crippen LogP contribution in [0.5, 0.6) is 0 Å². The van der Waals surface area contributed by atoms with E-state index in [1.165, 1.54) is 25.7 Å². The van der Waals surface area contributed by atoms with E-state index < -0.39 is 0 Å². The van der Waals surface area contributed by atoms with E-state index in [1.54, 1.807) is 0 Å². The zero-order valence-corrected chi connectivity index (χ0v) is 13.8. The van der Waals surface area contributed by atoms with E-state index in [4.69, 9.17) is 18.9 Å². The first-order valence-corrected chi connectivity index (χ1v) is 8.74. The molecule has 0 aliphatic carbocycles. The van der Waals surface area contributed by atoms with Crippen LogP contribution in [-0.4, -0.2) is 38.0 Å². The van der Waals surface area contributed by atoms with E-state index in [0.717, 1.165) is 58.5 Å². The lowest BCUT2D eigenvalue weighted by Gasteiger charge is -2.28. The maximum absolute atomic E-state index is 5.93. The van der Waals surface area contributed by atoms with Gasteiger partial charge in [0.15, 0.2) is 11.6 Å². The van der Waals surface area contributed by atoms with Crippen LogP contribution in [0.3, 0.4) is 0 Å². The number of rotatable bonds is 10. The summed E-state index contributed by atoms with van der Waals surface area (Å²) in [6, 6.07) is 0. The molecule has 2 rings (SSSR count). The molecule has 2 aliphatic heterocycles. The Labute approximate surface area is 129 Å². The SMILES string of the molecule is CCCCCCC1(CCCCC2(C)OCCO2)OCCO1. The van der Waals surface area contributed by atoms with E-state index in [2.05, 4.69) is 6.92 Å². The monoisotopic (exact) mass is 300 g/mol. The van der Waals surface area contributed by atoms with Crippen LogP contribution < -0.4 is 0 Å². The van der Waals surface area contributed by atoms with Gasteiger partial charge in [-0.1, -0.05) is 26.2 Å². The lowest BCUT2D eigenvalue weighted by atomic mass is 9.99. The molecule has 4 nitrogen and oxygen atoms in total. The summed E-state index contributed by atoms with van der Waals surface area (Å²) in [6.07, 6.45) is 10.3. The summed E-state index contributed by atoms with van der Waals surface area (Å²) in [7, 11) is 0. The van der Waals surface area contributed by atoms with Crippen LogP contribution in [0.15, 0.2) is 0 Å². The summed E-state index contributed by atoms with van der Waals surface area (Å²) >= 11 is 0. The highest BCUT2D eigenvalue weighted by atomic mass is 16.7. The third-order valence-electron chi connectivity index (χ3n) is 4.56. The van der Waals surface area contributed by atoms with E-state index in [1.807, 2.05) is 6.92 Å². The van der Waals surface area contributed by atoms with Crippen molar-refractivity contribution in [1.82, 2.24) is 0 Å². The third kappa shape index (κ3) is 5.51. The molecule has 21 heavy (non-hydrogen) atoms. The van der Waals surface area contributed by atoms with Crippen molar-refractivity contribution in [2.24, 2.45) is 0 Å². The summed E-state index contributed by atoms with van der Waals surface area (Å²) in [5.74, 6) is -0.655. The molecule has 0 bridgehead atoms. The van der Waals surface area contributed by atoms with Gasteiger partial charge in [-0.15, -0.1) is 0 Å². The Morgan fingerprint density at radius 1 is 0.667 bits per heavy atom. The van der Waals surface area contributed by atoms with E-state index >= 15 is 0 Å². The molecule has 0 radical (unpaired) electrons. The van der Waals surface area contributed by atoms with Crippen molar-refractivity contribution in [1.29, 1.82) is 0 Å². The summed E-state index contributed by atoms with van der Waals surface area (Å²) in [5.41, 5.74) is 0. The van der Waals surface area contributed by atoms with Crippen molar-refractivity contribution in [2.45, 2.75) is 83.2 Å². The molecule has 2 aliphatic rings. The largest absolute Gasteiger partial charge is 0.348 e. The van der Waals surface area contributed by atoms with Crippen LogP contribution in [-0.2, 0) is 18.9 Å². The minimum atomic E-state index is -0.355. The van der Waals surface area contributed by atoms with E-state index in [9.17, 15) is 0 Å². The molecule has 2 fully saturated rings. The molecular formula is C17H32O4. The average Bonchev–Trinajstić information content (AvgIpc) is 3.11. The topological polar surface area (TPSA) is 36.9 Å². The molecule has 0 N–H and O–H groups in total. The Bertz CT molecular complexity index is 281. The highest BCUT2D eigenvalue weighted by Gasteiger charge is 2.36. The molecule has 0 aromatic rings. The predicted octanol–water partition coefficient (Wildman–Crippen LogP) is 4.02. The molecule has 0 aromatic heterocycles. The fourth-order valence-corrected chi connectivity index (χ4v) is 3.27. The molecule has 0 saturated carbocycles. The molecule has 0 atom stereocenters.